The second-order valence-corrected chi connectivity index (χ2v) is 5.28. The maximum atomic E-state index is 6.12. The molecule has 100 valence electrons. The van der Waals surface area contributed by atoms with Crippen molar-refractivity contribution in [2.75, 3.05) is 0 Å². The molecule has 4 rings (SSSR count). The van der Waals surface area contributed by atoms with Gasteiger partial charge in [0.1, 0.15) is 12.6 Å². The number of rotatable bonds is 0. The lowest BCUT2D eigenvalue weighted by molar-refractivity contribution is -0.616. The number of benzene rings is 2. The van der Waals surface area contributed by atoms with Crippen molar-refractivity contribution in [3.05, 3.63) is 53.6 Å². The molecule has 0 unspecified atom stereocenters. The predicted octanol–water partition coefficient (Wildman–Crippen LogP) is 0.956. The largest absolute Gasteiger partial charge is 1.00 e. The summed E-state index contributed by atoms with van der Waals surface area (Å²) >= 11 is 6.12. The number of pyridine rings is 1. The third-order valence-electron chi connectivity index (χ3n) is 3.69. The molecule has 0 radical (unpaired) electrons. The van der Waals surface area contributed by atoms with Crippen LogP contribution in [-0.2, 0) is 7.05 Å². The Bertz CT molecular complexity index is 943. The molecule has 20 heavy (non-hydrogen) atoms. The Morgan fingerprint density at radius 3 is 2.65 bits per heavy atom. The highest BCUT2D eigenvalue weighted by atomic mass is 127. The fraction of sp³-hybridized carbons (Fsp3) is 0.0625. The van der Waals surface area contributed by atoms with Crippen LogP contribution in [0.3, 0.4) is 0 Å². The summed E-state index contributed by atoms with van der Waals surface area (Å²) in [5.74, 6) is 0. The summed E-state index contributed by atoms with van der Waals surface area (Å²) < 4.78 is 2.22. The smallest absolute Gasteiger partial charge is 0.238 e. The normalized spacial score (nSPS) is 11.1. The van der Waals surface area contributed by atoms with Crippen LogP contribution in [0.2, 0.25) is 5.02 Å². The molecule has 2 nitrogen and oxygen atoms in total. The van der Waals surface area contributed by atoms with Crippen LogP contribution in [0.1, 0.15) is 0 Å². The maximum Gasteiger partial charge on any atom is 0.238 e. The molecule has 2 heterocycles. The predicted molar refractivity (Wildman–Crippen MR) is 79.5 cm³/mol. The first-order valence-electron chi connectivity index (χ1n) is 6.23. The Balaban J connectivity index is 0.00000121. The van der Waals surface area contributed by atoms with Gasteiger partial charge in [0.15, 0.2) is 0 Å². The molecule has 1 N–H and O–H groups in total. The van der Waals surface area contributed by atoms with Crippen molar-refractivity contribution < 1.29 is 28.5 Å². The fourth-order valence-corrected chi connectivity index (χ4v) is 3.00. The van der Waals surface area contributed by atoms with Gasteiger partial charge in [0.25, 0.3) is 0 Å². The van der Waals surface area contributed by atoms with Crippen LogP contribution in [0.25, 0.3) is 32.8 Å². The number of nitrogens with zero attached hydrogens (tertiary/aromatic N) is 1. The maximum absolute atomic E-state index is 6.12. The minimum Gasteiger partial charge on any atom is -1.00 e. The summed E-state index contributed by atoms with van der Waals surface area (Å²) in [6.45, 7) is 0. The summed E-state index contributed by atoms with van der Waals surface area (Å²) in [6.07, 6.45) is 0. The van der Waals surface area contributed by atoms with Crippen LogP contribution < -0.4 is 28.5 Å². The molecule has 2 aromatic heterocycles. The first-order chi connectivity index (χ1) is 9.24. The van der Waals surface area contributed by atoms with Gasteiger partial charge in [-0.15, -0.1) is 0 Å². The summed E-state index contributed by atoms with van der Waals surface area (Å²) in [6, 6.07) is 16.6. The van der Waals surface area contributed by atoms with Crippen LogP contribution in [0.15, 0.2) is 48.5 Å². The molecule has 0 aliphatic rings. The molecule has 2 aromatic carbocycles. The van der Waals surface area contributed by atoms with Crippen molar-refractivity contribution in [2.45, 2.75) is 0 Å². The van der Waals surface area contributed by atoms with Gasteiger partial charge in [0.05, 0.1) is 10.9 Å². The zero-order valence-electron chi connectivity index (χ0n) is 10.8. The third-order valence-corrected chi connectivity index (χ3v) is 3.93. The zero-order chi connectivity index (χ0) is 13.0. The number of aromatic amines is 1. The van der Waals surface area contributed by atoms with Crippen LogP contribution in [0.4, 0.5) is 0 Å². The molecule has 0 bridgehead atoms. The van der Waals surface area contributed by atoms with E-state index in [1.165, 1.54) is 16.4 Å². The molecular formula is C16H12ClIN2. The number of halogens is 2. The van der Waals surface area contributed by atoms with Crippen molar-refractivity contribution in [3.8, 4) is 0 Å². The molecule has 4 heteroatoms. The first kappa shape index (κ1) is 13.6. The SMILES string of the molecule is C[n+]1c2ccccc2cc2[nH]c3ccc(Cl)cc3c21.[I-]. The van der Waals surface area contributed by atoms with E-state index in [2.05, 4.69) is 46.9 Å². The topological polar surface area (TPSA) is 19.7 Å². The Hall–Kier alpha value is -1.33. The summed E-state index contributed by atoms with van der Waals surface area (Å²) in [4.78, 5) is 3.46. The molecule has 0 aliphatic heterocycles. The van der Waals surface area contributed by atoms with Crippen LogP contribution in [-0.4, -0.2) is 4.98 Å². The first-order valence-corrected chi connectivity index (χ1v) is 6.60. The van der Waals surface area contributed by atoms with E-state index in [4.69, 9.17) is 11.6 Å². The minimum atomic E-state index is 0. The summed E-state index contributed by atoms with van der Waals surface area (Å²) in [7, 11) is 2.10. The summed E-state index contributed by atoms with van der Waals surface area (Å²) in [5.41, 5.74) is 4.66. The molecule has 0 saturated heterocycles. The second-order valence-electron chi connectivity index (χ2n) is 4.84. The molecule has 0 spiro atoms. The average Bonchev–Trinajstić information content (AvgIpc) is 2.76. The quantitative estimate of drug-likeness (QED) is 0.339. The Morgan fingerprint density at radius 2 is 1.80 bits per heavy atom. The third kappa shape index (κ3) is 1.88. The second kappa shape index (κ2) is 4.90. The lowest BCUT2D eigenvalue weighted by Crippen LogP contribution is -3.00. The van der Waals surface area contributed by atoms with Gasteiger partial charge in [-0.05, 0) is 30.3 Å². The van der Waals surface area contributed by atoms with Crippen LogP contribution in [0, 0.1) is 0 Å². The van der Waals surface area contributed by atoms with Crippen molar-refractivity contribution in [3.63, 3.8) is 0 Å². The van der Waals surface area contributed by atoms with Gasteiger partial charge in [-0.1, -0.05) is 23.7 Å². The lowest BCUT2D eigenvalue weighted by Gasteiger charge is -1.98. The van der Waals surface area contributed by atoms with E-state index in [9.17, 15) is 0 Å². The average molecular weight is 395 g/mol. The number of fused-ring (bicyclic) bond motifs is 4. The van der Waals surface area contributed by atoms with E-state index in [1.807, 2.05) is 18.2 Å². The summed E-state index contributed by atoms with van der Waals surface area (Å²) in [5, 5.41) is 3.16. The van der Waals surface area contributed by atoms with Gasteiger partial charge in [-0.2, -0.15) is 4.57 Å². The van der Waals surface area contributed by atoms with Crippen molar-refractivity contribution in [2.24, 2.45) is 7.05 Å². The van der Waals surface area contributed by atoms with Crippen LogP contribution in [0.5, 0.6) is 0 Å². The molecule has 4 aromatic rings. The number of para-hydroxylation sites is 1. The number of hydrogen-bond acceptors (Lipinski definition) is 0. The van der Waals surface area contributed by atoms with E-state index < -0.39 is 0 Å². The van der Waals surface area contributed by atoms with Crippen LogP contribution >= 0.6 is 11.6 Å². The molecule has 0 amide bonds. The zero-order valence-corrected chi connectivity index (χ0v) is 13.7. The standard InChI is InChI=1S/C16H11ClN2.HI/c1-19-15-5-3-2-4-10(15)8-14-16(19)12-9-11(17)6-7-13(12)18-14;/h2-9H,1H3;1H. The van der Waals surface area contributed by atoms with E-state index in [0.29, 0.717) is 0 Å². The highest BCUT2D eigenvalue weighted by Gasteiger charge is 2.16. The number of nitrogens with one attached hydrogen (secondary N) is 1. The van der Waals surface area contributed by atoms with Gasteiger partial charge >= 0.3 is 0 Å². The Kier molecular flexibility index (Phi) is 3.34. The molecule has 0 fully saturated rings. The van der Waals surface area contributed by atoms with Gasteiger partial charge in [-0.3, -0.25) is 0 Å². The van der Waals surface area contributed by atoms with E-state index in [-0.39, 0.29) is 24.0 Å². The monoisotopic (exact) mass is 394 g/mol. The molecule has 0 atom stereocenters. The highest BCUT2D eigenvalue weighted by Crippen LogP contribution is 2.27. The number of hydrogen-bond donors (Lipinski definition) is 1. The van der Waals surface area contributed by atoms with Gasteiger partial charge in [0, 0.05) is 16.5 Å². The van der Waals surface area contributed by atoms with Gasteiger partial charge in [0.2, 0.25) is 11.0 Å². The molecular weight excluding hydrogens is 383 g/mol. The Morgan fingerprint density at radius 1 is 1.00 bits per heavy atom. The Labute approximate surface area is 138 Å². The van der Waals surface area contributed by atoms with Gasteiger partial charge < -0.3 is 29.0 Å². The van der Waals surface area contributed by atoms with Crippen molar-refractivity contribution in [1.29, 1.82) is 0 Å². The van der Waals surface area contributed by atoms with E-state index in [0.717, 1.165) is 21.4 Å². The number of H-pyrrole nitrogens is 1. The van der Waals surface area contributed by atoms with Gasteiger partial charge in [-0.25, -0.2) is 0 Å². The van der Waals surface area contributed by atoms with Crippen molar-refractivity contribution in [1.82, 2.24) is 4.98 Å². The molecule has 0 aliphatic carbocycles. The van der Waals surface area contributed by atoms with E-state index >= 15 is 0 Å². The van der Waals surface area contributed by atoms with E-state index in [1.54, 1.807) is 0 Å². The van der Waals surface area contributed by atoms with Crippen molar-refractivity contribution >= 4 is 44.4 Å². The highest BCUT2D eigenvalue weighted by molar-refractivity contribution is 6.31. The molecule has 0 saturated carbocycles. The number of aromatic nitrogens is 2. The fourth-order valence-electron chi connectivity index (χ4n) is 2.83. The minimum absolute atomic E-state index is 0. The lowest BCUT2D eigenvalue weighted by atomic mass is 10.1. The number of aryl methyl sites for hydroxylation is 1.